The van der Waals surface area contributed by atoms with E-state index in [0.717, 1.165) is 4.68 Å². The van der Waals surface area contributed by atoms with Crippen molar-refractivity contribution in [1.82, 2.24) is 9.66 Å². The average Bonchev–Trinajstić information content (AvgIpc) is 2.96. The van der Waals surface area contributed by atoms with Crippen molar-refractivity contribution in [3.63, 3.8) is 0 Å². The number of carbonyl (C=O) groups excluding carboxylic acids is 1. The Labute approximate surface area is 107 Å². The number of hydrogen-bond donors (Lipinski definition) is 1. The Hall–Kier alpha value is -2.89. The van der Waals surface area contributed by atoms with E-state index in [4.69, 9.17) is 4.42 Å². The van der Waals surface area contributed by atoms with Gasteiger partial charge in [0, 0.05) is 0 Å². The van der Waals surface area contributed by atoms with Gasteiger partial charge >= 0.3 is 0 Å². The molecule has 0 saturated carbocycles. The van der Waals surface area contributed by atoms with Crippen molar-refractivity contribution in [3.8, 4) is 0 Å². The molecule has 0 unspecified atom stereocenters. The minimum Gasteiger partial charge on any atom is -0.472 e. The van der Waals surface area contributed by atoms with Crippen LogP contribution in [0, 0.1) is 0 Å². The van der Waals surface area contributed by atoms with Gasteiger partial charge in [-0.15, -0.1) is 0 Å². The van der Waals surface area contributed by atoms with Crippen molar-refractivity contribution in [1.29, 1.82) is 0 Å². The van der Waals surface area contributed by atoms with Gasteiger partial charge in [0.05, 0.1) is 22.7 Å². The summed E-state index contributed by atoms with van der Waals surface area (Å²) >= 11 is 0. The van der Waals surface area contributed by atoms with Gasteiger partial charge in [0.25, 0.3) is 11.5 Å². The van der Waals surface area contributed by atoms with E-state index in [2.05, 4.69) is 10.4 Å². The molecule has 2 heterocycles. The van der Waals surface area contributed by atoms with Gasteiger partial charge in [-0.05, 0) is 18.2 Å². The van der Waals surface area contributed by atoms with E-state index >= 15 is 0 Å². The Bertz CT molecular complexity index is 790. The van der Waals surface area contributed by atoms with Crippen LogP contribution in [0.15, 0.2) is 58.4 Å². The third-order valence-electron chi connectivity index (χ3n) is 2.67. The smallest absolute Gasteiger partial charge is 0.280 e. The number of fused-ring (bicyclic) bond motifs is 1. The van der Waals surface area contributed by atoms with Gasteiger partial charge in [-0.2, -0.15) is 0 Å². The zero-order chi connectivity index (χ0) is 13.2. The summed E-state index contributed by atoms with van der Waals surface area (Å²) in [6, 6.07) is 8.44. The van der Waals surface area contributed by atoms with Crippen LogP contribution in [-0.4, -0.2) is 15.6 Å². The minimum absolute atomic E-state index is 0.331. The lowest BCUT2D eigenvalue weighted by Crippen LogP contribution is -2.33. The van der Waals surface area contributed by atoms with Crippen molar-refractivity contribution in [2.75, 3.05) is 5.43 Å². The Morgan fingerprint density at radius 1 is 1.26 bits per heavy atom. The molecular weight excluding hydrogens is 246 g/mol. The maximum absolute atomic E-state index is 12.1. The largest absolute Gasteiger partial charge is 0.472 e. The van der Waals surface area contributed by atoms with E-state index < -0.39 is 5.91 Å². The number of nitrogens with zero attached hydrogens (tertiary/aromatic N) is 2. The Morgan fingerprint density at radius 3 is 2.89 bits per heavy atom. The lowest BCUT2D eigenvalue weighted by molar-refractivity contribution is 0.101. The quantitative estimate of drug-likeness (QED) is 0.750. The fourth-order valence-electron chi connectivity index (χ4n) is 1.72. The first-order valence-electron chi connectivity index (χ1n) is 5.55. The van der Waals surface area contributed by atoms with Crippen LogP contribution < -0.4 is 11.0 Å². The number of hydrogen-bond acceptors (Lipinski definition) is 4. The van der Waals surface area contributed by atoms with Gasteiger partial charge < -0.3 is 4.42 Å². The van der Waals surface area contributed by atoms with Crippen LogP contribution in [0.2, 0.25) is 0 Å². The minimum atomic E-state index is -0.437. The summed E-state index contributed by atoms with van der Waals surface area (Å²) in [7, 11) is 0. The van der Waals surface area contributed by atoms with Gasteiger partial charge in [-0.25, -0.2) is 9.66 Å². The molecule has 0 aliphatic heterocycles. The van der Waals surface area contributed by atoms with E-state index in [1.807, 2.05) is 0 Å². The van der Waals surface area contributed by atoms with Crippen LogP contribution in [-0.2, 0) is 0 Å². The molecule has 0 aliphatic carbocycles. The predicted molar refractivity (Wildman–Crippen MR) is 68.4 cm³/mol. The highest BCUT2D eigenvalue weighted by molar-refractivity contribution is 5.99. The second-order valence-electron chi connectivity index (χ2n) is 3.89. The molecule has 19 heavy (non-hydrogen) atoms. The first-order chi connectivity index (χ1) is 9.25. The maximum atomic E-state index is 12.1. The van der Waals surface area contributed by atoms with Crippen molar-refractivity contribution in [2.24, 2.45) is 0 Å². The van der Waals surface area contributed by atoms with Crippen LogP contribution in [0.5, 0.6) is 0 Å². The molecule has 2 aromatic heterocycles. The fourth-order valence-corrected chi connectivity index (χ4v) is 1.72. The third kappa shape index (κ3) is 1.99. The topological polar surface area (TPSA) is 77.1 Å². The number of benzene rings is 1. The second-order valence-corrected chi connectivity index (χ2v) is 3.89. The standard InChI is InChI=1S/C13H9N3O3/c17-12(9-5-6-19-7-9)15-16-8-14-11-4-2-1-3-10(11)13(16)18/h1-8H,(H,15,17). The first-order valence-corrected chi connectivity index (χ1v) is 5.55. The van der Waals surface area contributed by atoms with Gasteiger partial charge in [-0.3, -0.25) is 15.0 Å². The van der Waals surface area contributed by atoms with Crippen molar-refractivity contribution < 1.29 is 9.21 Å². The zero-order valence-corrected chi connectivity index (χ0v) is 9.74. The highest BCUT2D eigenvalue weighted by atomic mass is 16.3. The monoisotopic (exact) mass is 255 g/mol. The molecule has 1 amide bonds. The molecule has 0 spiro atoms. The maximum Gasteiger partial charge on any atom is 0.280 e. The number of furan rings is 1. The molecule has 1 aromatic carbocycles. The molecule has 94 valence electrons. The highest BCUT2D eigenvalue weighted by Gasteiger charge is 2.09. The average molecular weight is 255 g/mol. The van der Waals surface area contributed by atoms with E-state index in [0.29, 0.717) is 16.5 Å². The molecule has 1 N–H and O–H groups in total. The zero-order valence-electron chi connectivity index (χ0n) is 9.74. The fraction of sp³-hybridized carbons (Fsp3) is 0. The molecular formula is C13H9N3O3. The molecule has 6 nitrogen and oxygen atoms in total. The number of rotatable bonds is 2. The molecule has 0 aliphatic rings. The molecule has 3 rings (SSSR count). The summed E-state index contributed by atoms with van der Waals surface area (Å²) in [6.07, 6.45) is 3.97. The van der Waals surface area contributed by atoms with Gasteiger partial charge in [0.2, 0.25) is 0 Å². The van der Waals surface area contributed by atoms with Gasteiger partial charge in [0.15, 0.2) is 0 Å². The molecule has 0 radical (unpaired) electrons. The number of nitrogens with one attached hydrogen (secondary N) is 1. The lowest BCUT2D eigenvalue weighted by Gasteiger charge is -2.07. The predicted octanol–water partition coefficient (Wildman–Crippen LogP) is 1.37. The van der Waals surface area contributed by atoms with Gasteiger partial charge in [0.1, 0.15) is 12.6 Å². The number of aromatic nitrogens is 2. The molecule has 3 aromatic rings. The van der Waals surface area contributed by atoms with Crippen LogP contribution in [0.4, 0.5) is 0 Å². The summed E-state index contributed by atoms with van der Waals surface area (Å²) in [5, 5.41) is 0.442. The summed E-state index contributed by atoms with van der Waals surface area (Å²) in [5.41, 5.74) is 3.03. The van der Waals surface area contributed by atoms with Crippen LogP contribution in [0.1, 0.15) is 10.4 Å². The first kappa shape index (κ1) is 11.2. The van der Waals surface area contributed by atoms with Gasteiger partial charge in [-0.1, -0.05) is 12.1 Å². The van der Waals surface area contributed by atoms with E-state index in [1.165, 1.54) is 24.9 Å². The number of para-hydroxylation sites is 1. The molecule has 0 fully saturated rings. The summed E-state index contributed by atoms with van der Waals surface area (Å²) in [5.74, 6) is -0.437. The molecule has 0 saturated heterocycles. The van der Waals surface area contributed by atoms with Crippen molar-refractivity contribution in [2.45, 2.75) is 0 Å². The van der Waals surface area contributed by atoms with Crippen LogP contribution in [0.3, 0.4) is 0 Å². The Morgan fingerprint density at radius 2 is 2.11 bits per heavy atom. The van der Waals surface area contributed by atoms with Crippen LogP contribution in [0.25, 0.3) is 10.9 Å². The summed E-state index contributed by atoms with van der Waals surface area (Å²) < 4.78 is 5.86. The summed E-state index contributed by atoms with van der Waals surface area (Å²) in [6.45, 7) is 0. The summed E-state index contributed by atoms with van der Waals surface area (Å²) in [4.78, 5) is 28.0. The normalized spacial score (nSPS) is 10.5. The van der Waals surface area contributed by atoms with E-state index in [9.17, 15) is 9.59 Å². The SMILES string of the molecule is O=C(Nn1cnc2ccccc2c1=O)c1ccoc1. The Kier molecular flexibility index (Phi) is 2.60. The van der Waals surface area contributed by atoms with Crippen molar-refractivity contribution >= 4 is 16.8 Å². The van der Waals surface area contributed by atoms with Crippen molar-refractivity contribution in [3.05, 3.63) is 65.1 Å². The molecule has 0 bridgehead atoms. The second kappa shape index (κ2) is 4.41. The highest BCUT2D eigenvalue weighted by Crippen LogP contribution is 2.04. The Balaban J connectivity index is 2.00. The lowest BCUT2D eigenvalue weighted by atomic mass is 10.2. The molecule has 6 heteroatoms. The van der Waals surface area contributed by atoms with E-state index in [-0.39, 0.29) is 5.56 Å². The molecule has 0 atom stereocenters. The van der Waals surface area contributed by atoms with Crippen LogP contribution >= 0.6 is 0 Å². The third-order valence-corrected chi connectivity index (χ3v) is 2.67. The number of amides is 1. The number of carbonyl (C=O) groups is 1. The van der Waals surface area contributed by atoms with E-state index in [1.54, 1.807) is 24.3 Å².